The maximum absolute atomic E-state index is 7.50. The van der Waals surface area contributed by atoms with Crippen molar-refractivity contribution in [1.29, 1.82) is 0 Å². The van der Waals surface area contributed by atoms with Crippen LogP contribution in [0.15, 0.2) is 273 Å². The third-order valence-electron chi connectivity index (χ3n) is 8.31. The molecule has 9 rings (SSSR count). The van der Waals surface area contributed by atoms with Crippen molar-refractivity contribution < 1.29 is 69.3 Å². The van der Waals surface area contributed by atoms with E-state index in [1.807, 2.05) is 273 Å². The van der Waals surface area contributed by atoms with Crippen molar-refractivity contribution in [2.24, 2.45) is 0 Å². The average molecular weight is 1060 g/mol. The monoisotopic (exact) mass is 1060 g/mol. The van der Waals surface area contributed by atoms with Crippen LogP contribution in [0.25, 0.3) is 0 Å². The minimum Gasteiger partial charge on any atom is -1.00 e. The molecule has 0 atom stereocenters. The van der Waals surface area contributed by atoms with Crippen LogP contribution in [0.4, 0.5) is 0 Å². The quantitative estimate of drug-likeness (QED) is 0.0610. The van der Waals surface area contributed by atoms with Gasteiger partial charge in [-0.15, -0.1) is 0 Å². The zero-order valence-electron chi connectivity index (χ0n) is 39.7. The molecule has 0 aliphatic carbocycles. The van der Waals surface area contributed by atoms with Gasteiger partial charge in [0, 0.05) is 0 Å². The summed E-state index contributed by atoms with van der Waals surface area (Å²) in [5.41, 5.74) is 0. The summed E-state index contributed by atoms with van der Waals surface area (Å²) < 4.78 is 52.6. The van der Waals surface area contributed by atoms with Crippen LogP contribution >= 0.6 is 25.8 Å². The molecule has 0 amide bonds. The summed E-state index contributed by atoms with van der Waals surface area (Å²) in [6, 6.07) is 85.5. The molecule has 69 heavy (non-hydrogen) atoms. The van der Waals surface area contributed by atoms with Gasteiger partial charge in [0.1, 0.15) is 51.7 Å². The molecule has 9 aromatic carbocycles. The number of hydrogen-bond donors (Lipinski definition) is 0. The van der Waals surface area contributed by atoms with Gasteiger partial charge in [0.15, 0.2) is 0 Å². The van der Waals surface area contributed by atoms with E-state index in [1.165, 1.54) is 0 Å². The second-order valence-corrected chi connectivity index (χ2v) is 16.3. The number of benzene rings is 9. The van der Waals surface area contributed by atoms with Crippen molar-refractivity contribution in [1.82, 2.24) is 0 Å². The fraction of sp³-hybridized carbons (Fsp3) is 0. The standard InChI is InChI=1S/3C18H15O3P.CO.Rh.3H/c3*1-4-10-16(11-5-1)19-22(20-17-12-6-2-7-13-17)21-18-14-8-3-9-15-18;1-2;;;;/h3*1-15H;;;;;/q;;;;+3;3*-1. The van der Waals surface area contributed by atoms with Gasteiger partial charge in [-0.05, 0) is 109 Å². The van der Waals surface area contributed by atoms with Crippen LogP contribution in [0.1, 0.15) is 4.28 Å². The Balaban J connectivity index is 0.000000354. The molecule has 0 bridgehead atoms. The molecule has 10 nitrogen and oxygen atoms in total. The zero-order valence-corrected chi connectivity index (χ0v) is 41.1. The van der Waals surface area contributed by atoms with Gasteiger partial charge in [-0.3, -0.25) is 4.79 Å². The molecule has 0 aliphatic rings. The molecular formula is C55H48O10P3Rh. The minimum absolute atomic E-state index is 0. The molecule has 0 N–H and O–H groups in total. The molecule has 0 spiro atoms. The molecule has 0 saturated carbocycles. The normalized spacial score (nSPS) is 9.84. The van der Waals surface area contributed by atoms with Gasteiger partial charge in [0.05, 0.1) is 0 Å². The molecule has 0 aliphatic heterocycles. The summed E-state index contributed by atoms with van der Waals surface area (Å²) in [5.74, 6) is 6.38. The first-order chi connectivity index (χ1) is 33.7. The first kappa shape index (κ1) is 52.7. The van der Waals surface area contributed by atoms with Crippen molar-refractivity contribution in [2.75, 3.05) is 0 Å². The van der Waals surface area contributed by atoms with Crippen LogP contribution < -0.4 is 40.7 Å². The molecular weight excluding hydrogens is 1020 g/mol. The molecule has 0 fully saturated rings. The van der Waals surface area contributed by atoms with Crippen molar-refractivity contribution in [3.63, 3.8) is 0 Å². The second-order valence-electron chi connectivity index (χ2n) is 13.3. The third-order valence-corrected chi connectivity index (χ3v) is 11.5. The fourth-order valence-electron chi connectivity index (χ4n) is 5.27. The van der Waals surface area contributed by atoms with Crippen molar-refractivity contribution in [2.45, 2.75) is 0 Å². The molecule has 352 valence electrons. The van der Waals surface area contributed by atoms with Crippen molar-refractivity contribution in [3.05, 3.63) is 273 Å². The molecule has 14 heteroatoms. The first-order valence-electron chi connectivity index (χ1n) is 20.9. The molecule has 0 saturated heterocycles. The Hall–Kier alpha value is -7.24. The van der Waals surface area contributed by atoms with E-state index in [4.69, 9.17) is 45.5 Å². The van der Waals surface area contributed by atoms with Gasteiger partial charge in [-0.1, -0.05) is 164 Å². The Morgan fingerprint density at radius 3 is 0.377 bits per heavy atom. The van der Waals surface area contributed by atoms with Gasteiger partial charge in [0.2, 0.25) is 0 Å². The topological polar surface area (TPSA) is 100 Å². The third kappa shape index (κ3) is 20.7. The van der Waals surface area contributed by atoms with E-state index in [0.717, 1.165) is 0 Å². The summed E-state index contributed by atoms with van der Waals surface area (Å²) in [6.07, 6.45) is 0. The van der Waals surface area contributed by atoms with Crippen LogP contribution in [-0.2, 0) is 24.3 Å². The number of carbonyl (C=O) groups excluding carboxylic acids is 1. The molecule has 0 heterocycles. The van der Waals surface area contributed by atoms with E-state index < -0.39 is 25.8 Å². The summed E-state index contributed by atoms with van der Waals surface area (Å²) in [6.45, 7) is 4.50. The predicted octanol–water partition coefficient (Wildman–Crippen LogP) is 16.3. The number of rotatable bonds is 18. The Bertz CT molecular complexity index is 2070. The van der Waals surface area contributed by atoms with Gasteiger partial charge < -0.3 is 45.0 Å². The number of hydrogen-bond acceptors (Lipinski definition) is 10. The average Bonchev–Trinajstić information content (AvgIpc) is 3.40. The van der Waals surface area contributed by atoms with Crippen LogP contribution in [0, 0.1) is 0 Å². The van der Waals surface area contributed by atoms with Gasteiger partial charge >= 0.3 is 45.3 Å². The van der Waals surface area contributed by atoms with Crippen LogP contribution in [0.5, 0.6) is 51.7 Å². The molecule has 2 radical (unpaired) electrons. The van der Waals surface area contributed by atoms with Gasteiger partial charge in [-0.25, -0.2) is 0 Å². The van der Waals surface area contributed by atoms with E-state index in [0.29, 0.717) is 51.7 Å². The van der Waals surface area contributed by atoms with E-state index in [-0.39, 0.29) is 23.8 Å². The largest absolute Gasteiger partial charge is 3.00 e. The summed E-state index contributed by atoms with van der Waals surface area (Å²) in [4.78, 5) is 7.50. The molecule has 0 aromatic heterocycles. The summed E-state index contributed by atoms with van der Waals surface area (Å²) >= 11 is 0. The molecule has 9 aromatic rings. The van der Waals surface area contributed by atoms with E-state index in [9.17, 15) is 0 Å². The van der Waals surface area contributed by atoms with Crippen LogP contribution in [0.3, 0.4) is 0 Å². The van der Waals surface area contributed by atoms with E-state index >= 15 is 0 Å². The van der Waals surface area contributed by atoms with Crippen LogP contribution in [-0.4, -0.2) is 6.79 Å². The van der Waals surface area contributed by atoms with E-state index in [2.05, 4.69) is 6.79 Å². The second kappa shape index (κ2) is 31.7. The number of para-hydroxylation sites is 9. The first-order valence-corrected chi connectivity index (χ1v) is 24.2. The van der Waals surface area contributed by atoms with Gasteiger partial charge in [-0.2, -0.15) is 0 Å². The zero-order chi connectivity index (χ0) is 47.1. The Kier molecular flexibility index (Phi) is 24.2. The maximum atomic E-state index is 7.50. The summed E-state index contributed by atoms with van der Waals surface area (Å²) in [7, 11) is -4.77. The van der Waals surface area contributed by atoms with E-state index in [1.54, 1.807) is 0 Å². The Labute approximate surface area is 424 Å². The van der Waals surface area contributed by atoms with Crippen molar-refractivity contribution in [3.8, 4) is 51.7 Å². The fourth-order valence-corrected chi connectivity index (χ4v) is 8.25. The Morgan fingerprint density at radius 2 is 0.290 bits per heavy atom. The SMILES string of the molecule is [C]=O.[H-].[H-].[H-].[Rh+3].c1ccc(OP(Oc2ccccc2)Oc2ccccc2)cc1.c1ccc(OP(Oc2ccccc2)Oc2ccccc2)cc1.c1ccc(OP(Oc2ccccc2)Oc2ccccc2)cc1. The molecule has 0 unspecified atom stereocenters. The van der Waals surface area contributed by atoms with Gasteiger partial charge in [0.25, 0.3) is 6.79 Å². The maximum Gasteiger partial charge on any atom is 3.00 e. The van der Waals surface area contributed by atoms with Crippen molar-refractivity contribution >= 4 is 32.6 Å². The predicted molar refractivity (Wildman–Crippen MR) is 273 cm³/mol. The van der Waals surface area contributed by atoms with Crippen LogP contribution in [0.2, 0.25) is 0 Å². The Morgan fingerprint density at radius 1 is 0.203 bits per heavy atom. The summed E-state index contributed by atoms with van der Waals surface area (Å²) in [5, 5.41) is 0. The smallest absolute Gasteiger partial charge is 1.00 e. The minimum atomic E-state index is -1.59.